The van der Waals surface area contributed by atoms with Gasteiger partial charge in [-0.3, -0.25) is 4.98 Å². The second-order valence-electron chi connectivity index (χ2n) is 3.78. The van der Waals surface area contributed by atoms with E-state index in [-0.39, 0.29) is 0 Å². The lowest BCUT2D eigenvalue weighted by atomic mass is 10.1. The van der Waals surface area contributed by atoms with Crippen molar-refractivity contribution in [2.24, 2.45) is 0 Å². The highest BCUT2D eigenvalue weighted by Gasteiger charge is 2.09. The lowest BCUT2D eigenvalue weighted by Crippen LogP contribution is -1.99. The average molecular weight is 244 g/mol. The monoisotopic (exact) mass is 244 g/mol. The first-order valence-electron chi connectivity index (χ1n) is 5.18. The minimum Gasteiger partial charge on any atom is -0.330 e. The topological polar surface area (TPSA) is 61.6 Å². The van der Waals surface area contributed by atoms with Crippen molar-refractivity contribution < 1.29 is 0 Å². The van der Waals surface area contributed by atoms with Gasteiger partial charge in [0.05, 0.1) is 16.9 Å². The molecule has 2 aromatic rings. The number of nitriles is 1. The van der Waals surface area contributed by atoms with Crippen LogP contribution in [0, 0.1) is 32.1 Å². The third kappa shape index (κ3) is 2.43. The highest BCUT2D eigenvalue weighted by Crippen LogP contribution is 2.25. The maximum Gasteiger partial charge on any atom is 0.187 e. The number of nitrogens with one attached hydrogen (secondary N) is 1. The molecule has 0 aliphatic heterocycles. The fourth-order valence-electron chi connectivity index (χ4n) is 1.60. The van der Waals surface area contributed by atoms with Crippen LogP contribution in [0.1, 0.15) is 21.8 Å². The third-order valence-corrected chi connectivity index (χ3v) is 3.13. The number of anilines is 2. The van der Waals surface area contributed by atoms with E-state index in [4.69, 9.17) is 5.26 Å². The molecule has 0 bridgehead atoms. The standard InChI is InChI=1S/C12H12N4S/c1-7-4-11(10(5-13)9(3)15-7)16-12-14-6-8(2)17-12/h4,6H,1-3H3,(H,14,15,16). The van der Waals surface area contributed by atoms with Gasteiger partial charge in [0.2, 0.25) is 0 Å². The lowest BCUT2D eigenvalue weighted by molar-refractivity contribution is 1.11. The second-order valence-corrected chi connectivity index (χ2v) is 5.02. The van der Waals surface area contributed by atoms with Crippen molar-refractivity contribution in [2.45, 2.75) is 20.8 Å². The van der Waals surface area contributed by atoms with Gasteiger partial charge in [-0.05, 0) is 26.8 Å². The Balaban J connectivity index is 2.42. The highest BCUT2D eigenvalue weighted by atomic mass is 32.1. The second kappa shape index (κ2) is 4.52. The smallest absolute Gasteiger partial charge is 0.187 e. The van der Waals surface area contributed by atoms with Gasteiger partial charge in [-0.1, -0.05) is 0 Å². The Bertz CT molecular complexity index is 595. The molecule has 17 heavy (non-hydrogen) atoms. The summed E-state index contributed by atoms with van der Waals surface area (Å²) in [6.07, 6.45) is 1.81. The molecule has 2 heterocycles. The van der Waals surface area contributed by atoms with Gasteiger partial charge < -0.3 is 5.32 Å². The van der Waals surface area contributed by atoms with Gasteiger partial charge >= 0.3 is 0 Å². The van der Waals surface area contributed by atoms with E-state index in [0.717, 1.165) is 27.1 Å². The molecule has 2 rings (SSSR count). The van der Waals surface area contributed by atoms with Crippen molar-refractivity contribution in [3.63, 3.8) is 0 Å². The molecule has 5 heteroatoms. The molecule has 0 saturated heterocycles. The molecule has 0 unspecified atom stereocenters. The first-order valence-corrected chi connectivity index (χ1v) is 5.99. The van der Waals surface area contributed by atoms with Gasteiger partial charge in [0.1, 0.15) is 6.07 Å². The van der Waals surface area contributed by atoms with E-state index in [1.165, 1.54) is 0 Å². The number of hydrogen-bond donors (Lipinski definition) is 1. The molecule has 1 N–H and O–H groups in total. The molecular weight excluding hydrogens is 232 g/mol. The summed E-state index contributed by atoms with van der Waals surface area (Å²) in [5, 5.41) is 13.1. The molecule has 4 nitrogen and oxygen atoms in total. The Hall–Kier alpha value is -1.93. The fraction of sp³-hybridized carbons (Fsp3) is 0.250. The van der Waals surface area contributed by atoms with E-state index in [0.29, 0.717) is 5.56 Å². The highest BCUT2D eigenvalue weighted by molar-refractivity contribution is 7.15. The molecule has 0 spiro atoms. The van der Waals surface area contributed by atoms with Crippen molar-refractivity contribution >= 4 is 22.2 Å². The first-order chi connectivity index (χ1) is 8.10. The van der Waals surface area contributed by atoms with Crippen LogP contribution in [0.25, 0.3) is 0 Å². The zero-order valence-electron chi connectivity index (χ0n) is 9.90. The maximum atomic E-state index is 9.13. The molecular formula is C12H12N4S. The quantitative estimate of drug-likeness (QED) is 0.881. The van der Waals surface area contributed by atoms with E-state index in [2.05, 4.69) is 21.4 Å². The van der Waals surface area contributed by atoms with Crippen LogP contribution < -0.4 is 5.32 Å². The Morgan fingerprint density at radius 2 is 2.12 bits per heavy atom. The minimum atomic E-state index is 0.573. The number of rotatable bonds is 2. The molecule has 0 atom stereocenters. The van der Waals surface area contributed by atoms with Crippen LogP contribution in [0.4, 0.5) is 10.8 Å². The predicted octanol–water partition coefficient (Wildman–Crippen LogP) is 3.08. The van der Waals surface area contributed by atoms with Gasteiger partial charge in [-0.15, -0.1) is 11.3 Å². The number of aromatic nitrogens is 2. The van der Waals surface area contributed by atoms with Gasteiger partial charge in [-0.2, -0.15) is 5.26 Å². The Labute approximate surface area is 104 Å². The number of pyridine rings is 1. The van der Waals surface area contributed by atoms with Crippen LogP contribution in [-0.4, -0.2) is 9.97 Å². The summed E-state index contributed by atoms with van der Waals surface area (Å²) in [4.78, 5) is 9.63. The summed E-state index contributed by atoms with van der Waals surface area (Å²) >= 11 is 1.56. The van der Waals surface area contributed by atoms with Gasteiger partial charge in [0.15, 0.2) is 5.13 Å². The molecule has 0 fully saturated rings. The molecule has 2 aromatic heterocycles. The summed E-state index contributed by atoms with van der Waals surface area (Å²) < 4.78 is 0. The molecule has 0 aromatic carbocycles. The van der Waals surface area contributed by atoms with Gasteiger partial charge in [-0.25, -0.2) is 4.98 Å². The maximum absolute atomic E-state index is 9.13. The summed E-state index contributed by atoms with van der Waals surface area (Å²) in [7, 11) is 0. The summed E-state index contributed by atoms with van der Waals surface area (Å²) in [5.41, 5.74) is 2.97. The van der Waals surface area contributed by atoms with Gasteiger partial charge in [0.25, 0.3) is 0 Å². The van der Waals surface area contributed by atoms with Gasteiger partial charge in [0, 0.05) is 16.8 Å². The number of thiazole rings is 1. The molecule has 0 aliphatic rings. The van der Waals surface area contributed by atoms with E-state index < -0.39 is 0 Å². The Morgan fingerprint density at radius 1 is 1.35 bits per heavy atom. The van der Waals surface area contributed by atoms with Crippen LogP contribution in [0.3, 0.4) is 0 Å². The lowest BCUT2D eigenvalue weighted by Gasteiger charge is -2.08. The van der Waals surface area contributed by atoms with E-state index >= 15 is 0 Å². The third-order valence-electron chi connectivity index (χ3n) is 2.30. The van der Waals surface area contributed by atoms with Crippen LogP contribution in [0.15, 0.2) is 12.3 Å². The van der Waals surface area contributed by atoms with E-state index in [9.17, 15) is 0 Å². The van der Waals surface area contributed by atoms with Crippen LogP contribution in [-0.2, 0) is 0 Å². The zero-order valence-corrected chi connectivity index (χ0v) is 10.7. The molecule has 0 saturated carbocycles. The van der Waals surface area contributed by atoms with Crippen molar-refractivity contribution in [1.82, 2.24) is 9.97 Å². The van der Waals surface area contributed by atoms with E-state index in [1.807, 2.05) is 26.8 Å². The van der Waals surface area contributed by atoms with E-state index in [1.54, 1.807) is 17.5 Å². The molecule has 86 valence electrons. The molecule has 0 radical (unpaired) electrons. The molecule has 0 aliphatic carbocycles. The SMILES string of the molecule is Cc1cc(Nc2ncc(C)s2)c(C#N)c(C)n1. The van der Waals surface area contributed by atoms with Crippen molar-refractivity contribution in [2.75, 3.05) is 5.32 Å². The summed E-state index contributed by atoms with van der Waals surface area (Å²) in [6, 6.07) is 4.03. The Morgan fingerprint density at radius 3 is 2.71 bits per heavy atom. The zero-order chi connectivity index (χ0) is 12.4. The number of hydrogen-bond acceptors (Lipinski definition) is 5. The summed E-state index contributed by atoms with van der Waals surface area (Å²) in [5.74, 6) is 0. The first kappa shape index (κ1) is 11.6. The van der Waals surface area contributed by atoms with Crippen LogP contribution >= 0.6 is 11.3 Å². The Kier molecular flexibility index (Phi) is 3.07. The average Bonchev–Trinajstić information content (AvgIpc) is 2.63. The number of aryl methyl sites for hydroxylation is 3. The fourth-order valence-corrected chi connectivity index (χ4v) is 2.27. The summed E-state index contributed by atoms with van der Waals surface area (Å²) in [6.45, 7) is 5.74. The van der Waals surface area contributed by atoms with Crippen LogP contribution in [0.5, 0.6) is 0 Å². The van der Waals surface area contributed by atoms with Crippen molar-refractivity contribution in [3.8, 4) is 6.07 Å². The van der Waals surface area contributed by atoms with Crippen molar-refractivity contribution in [3.05, 3.63) is 34.1 Å². The normalized spacial score (nSPS) is 10.0. The molecule has 0 amide bonds. The van der Waals surface area contributed by atoms with Crippen molar-refractivity contribution in [1.29, 1.82) is 5.26 Å². The minimum absolute atomic E-state index is 0.573. The van der Waals surface area contributed by atoms with Crippen LogP contribution in [0.2, 0.25) is 0 Å². The number of nitrogens with zero attached hydrogens (tertiary/aromatic N) is 3. The predicted molar refractivity (Wildman–Crippen MR) is 68.6 cm³/mol. The largest absolute Gasteiger partial charge is 0.330 e.